The van der Waals surface area contributed by atoms with Crippen molar-refractivity contribution in [3.63, 3.8) is 0 Å². The second-order valence-corrected chi connectivity index (χ2v) is 4.61. The Morgan fingerprint density at radius 3 is 2.64 bits per heavy atom. The summed E-state index contributed by atoms with van der Waals surface area (Å²) in [5.74, 6) is 0. The van der Waals surface area contributed by atoms with E-state index in [0.29, 0.717) is 19.1 Å². The second-order valence-electron chi connectivity index (χ2n) is 4.61. The van der Waals surface area contributed by atoms with Crippen molar-refractivity contribution in [2.75, 3.05) is 33.7 Å². The summed E-state index contributed by atoms with van der Waals surface area (Å²) in [6.45, 7) is 4.10. The van der Waals surface area contributed by atoms with Gasteiger partial charge in [-0.3, -0.25) is 4.90 Å². The number of hydrogen-bond donors (Lipinski definition) is 2. The van der Waals surface area contributed by atoms with Gasteiger partial charge in [0.05, 0.1) is 12.2 Å². The van der Waals surface area contributed by atoms with Gasteiger partial charge in [-0.25, -0.2) is 0 Å². The highest BCUT2D eigenvalue weighted by atomic mass is 16.3. The van der Waals surface area contributed by atoms with Crippen LogP contribution in [0, 0.1) is 0 Å². The molecule has 0 aliphatic carbocycles. The first kappa shape index (κ1) is 11.9. The zero-order chi connectivity index (χ0) is 10.7. The summed E-state index contributed by atoms with van der Waals surface area (Å²) in [5, 5.41) is 18.9. The highest BCUT2D eigenvalue weighted by molar-refractivity contribution is 4.87. The van der Waals surface area contributed by atoms with Crippen LogP contribution in [0.1, 0.15) is 13.3 Å². The van der Waals surface area contributed by atoms with Crippen molar-refractivity contribution in [2.24, 2.45) is 0 Å². The molecule has 1 aliphatic rings. The van der Waals surface area contributed by atoms with E-state index in [2.05, 4.69) is 9.80 Å². The zero-order valence-corrected chi connectivity index (χ0v) is 9.35. The molecular weight excluding hydrogens is 180 g/mol. The maximum absolute atomic E-state index is 9.55. The molecule has 0 spiro atoms. The van der Waals surface area contributed by atoms with E-state index in [1.165, 1.54) is 0 Å². The summed E-state index contributed by atoms with van der Waals surface area (Å²) in [6.07, 6.45) is 0.286. The molecule has 1 heterocycles. The third-order valence-corrected chi connectivity index (χ3v) is 2.58. The van der Waals surface area contributed by atoms with Gasteiger partial charge in [-0.1, -0.05) is 0 Å². The summed E-state index contributed by atoms with van der Waals surface area (Å²) in [5.41, 5.74) is 0. The van der Waals surface area contributed by atoms with Crippen LogP contribution in [0.3, 0.4) is 0 Å². The number of aliphatic hydroxyl groups excluding tert-OH is 2. The van der Waals surface area contributed by atoms with E-state index < -0.39 is 0 Å². The molecular formula is C10H22N2O2. The predicted octanol–water partition coefficient (Wildman–Crippen LogP) is -0.636. The average molecular weight is 202 g/mol. The summed E-state index contributed by atoms with van der Waals surface area (Å²) in [6, 6.07) is 0.384. The molecule has 0 radical (unpaired) electrons. The molecule has 0 amide bonds. The van der Waals surface area contributed by atoms with Crippen LogP contribution in [-0.4, -0.2) is 72.0 Å². The van der Waals surface area contributed by atoms with Gasteiger partial charge in [0.15, 0.2) is 0 Å². The molecule has 1 saturated heterocycles. The molecule has 0 bridgehead atoms. The van der Waals surface area contributed by atoms with Gasteiger partial charge in [-0.15, -0.1) is 0 Å². The SMILES string of the molecule is C[C@H](O)CN1CC(O)CC1CN(C)C. The third kappa shape index (κ3) is 3.53. The van der Waals surface area contributed by atoms with Gasteiger partial charge in [0, 0.05) is 25.7 Å². The fourth-order valence-corrected chi connectivity index (χ4v) is 2.13. The number of nitrogens with zero attached hydrogens (tertiary/aromatic N) is 2. The van der Waals surface area contributed by atoms with Crippen molar-refractivity contribution in [2.45, 2.75) is 31.6 Å². The average Bonchev–Trinajstić information content (AvgIpc) is 2.28. The van der Waals surface area contributed by atoms with Crippen molar-refractivity contribution >= 4 is 0 Å². The van der Waals surface area contributed by atoms with E-state index in [9.17, 15) is 10.2 Å². The van der Waals surface area contributed by atoms with E-state index in [0.717, 1.165) is 13.0 Å². The molecule has 1 fully saturated rings. The molecule has 2 unspecified atom stereocenters. The van der Waals surface area contributed by atoms with E-state index in [1.807, 2.05) is 14.1 Å². The maximum atomic E-state index is 9.55. The van der Waals surface area contributed by atoms with Gasteiger partial charge >= 0.3 is 0 Å². The van der Waals surface area contributed by atoms with Gasteiger partial charge in [-0.05, 0) is 27.4 Å². The Kier molecular flexibility index (Phi) is 4.31. The molecule has 2 N–H and O–H groups in total. The lowest BCUT2D eigenvalue weighted by atomic mass is 10.2. The molecule has 1 aliphatic heterocycles. The fraction of sp³-hybridized carbons (Fsp3) is 1.00. The molecule has 1 rings (SSSR count). The van der Waals surface area contributed by atoms with Crippen LogP contribution in [0.15, 0.2) is 0 Å². The van der Waals surface area contributed by atoms with Crippen molar-refractivity contribution in [1.29, 1.82) is 0 Å². The number of aliphatic hydroxyl groups is 2. The van der Waals surface area contributed by atoms with Crippen LogP contribution >= 0.6 is 0 Å². The van der Waals surface area contributed by atoms with E-state index in [1.54, 1.807) is 6.92 Å². The minimum atomic E-state index is -0.315. The molecule has 3 atom stereocenters. The smallest absolute Gasteiger partial charge is 0.0682 e. The van der Waals surface area contributed by atoms with Crippen molar-refractivity contribution < 1.29 is 10.2 Å². The van der Waals surface area contributed by atoms with Crippen LogP contribution in [-0.2, 0) is 0 Å². The number of β-amino-alcohol motifs (C(OH)–C–C–N with tert-alkyl or cyclic N) is 2. The fourth-order valence-electron chi connectivity index (χ4n) is 2.13. The first-order valence-electron chi connectivity index (χ1n) is 5.24. The van der Waals surface area contributed by atoms with Gasteiger partial charge in [0.25, 0.3) is 0 Å². The lowest BCUT2D eigenvalue weighted by Crippen LogP contribution is -2.40. The van der Waals surface area contributed by atoms with Crippen LogP contribution < -0.4 is 0 Å². The van der Waals surface area contributed by atoms with E-state index in [4.69, 9.17) is 0 Å². The van der Waals surface area contributed by atoms with Crippen LogP contribution in [0.5, 0.6) is 0 Å². The van der Waals surface area contributed by atoms with Crippen molar-refractivity contribution in [3.05, 3.63) is 0 Å². The lowest BCUT2D eigenvalue weighted by molar-refractivity contribution is 0.103. The first-order chi connectivity index (χ1) is 6.49. The number of likely N-dealkylation sites (tertiary alicyclic amines) is 1. The molecule has 4 nitrogen and oxygen atoms in total. The largest absolute Gasteiger partial charge is 0.392 e. The second kappa shape index (κ2) is 5.07. The number of hydrogen-bond acceptors (Lipinski definition) is 4. The highest BCUT2D eigenvalue weighted by Crippen LogP contribution is 2.18. The molecule has 0 saturated carbocycles. The van der Waals surface area contributed by atoms with Gasteiger partial charge in [-0.2, -0.15) is 0 Å². The molecule has 0 aromatic carbocycles. The quantitative estimate of drug-likeness (QED) is 0.637. The molecule has 0 aromatic rings. The minimum Gasteiger partial charge on any atom is -0.392 e. The summed E-state index contributed by atoms with van der Waals surface area (Å²) in [4.78, 5) is 4.30. The molecule has 4 heteroatoms. The zero-order valence-electron chi connectivity index (χ0n) is 9.35. The maximum Gasteiger partial charge on any atom is 0.0682 e. The Morgan fingerprint density at radius 1 is 1.50 bits per heavy atom. The Hall–Kier alpha value is -0.160. The first-order valence-corrected chi connectivity index (χ1v) is 5.24. The predicted molar refractivity (Wildman–Crippen MR) is 56.2 cm³/mol. The molecule has 14 heavy (non-hydrogen) atoms. The van der Waals surface area contributed by atoms with Gasteiger partial charge in [0.2, 0.25) is 0 Å². The standard InChI is InChI=1S/C10H22N2O2/c1-8(13)5-12-7-10(14)4-9(12)6-11(2)3/h8-10,13-14H,4-7H2,1-3H3/t8-,9?,10?/m0/s1. The van der Waals surface area contributed by atoms with E-state index in [-0.39, 0.29) is 12.2 Å². The number of rotatable bonds is 4. The summed E-state index contributed by atoms with van der Waals surface area (Å²) >= 11 is 0. The Bertz CT molecular complexity index is 156. The third-order valence-electron chi connectivity index (χ3n) is 2.58. The van der Waals surface area contributed by atoms with Crippen molar-refractivity contribution in [1.82, 2.24) is 9.80 Å². The minimum absolute atomic E-state index is 0.223. The monoisotopic (exact) mass is 202 g/mol. The van der Waals surface area contributed by atoms with Crippen LogP contribution in [0.2, 0.25) is 0 Å². The Morgan fingerprint density at radius 2 is 2.14 bits per heavy atom. The normalized spacial score (nSPS) is 31.3. The van der Waals surface area contributed by atoms with Crippen molar-refractivity contribution in [3.8, 4) is 0 Å². The lowest BCUT2D eigenvalue weighted by Gasteiger charge is -2.27. The molecule has 84 valence electrons. The Balaban J connectivity index is 2.45. The molecule has 0 aromatic heterocycles. The van der Waals surface area contributed by atoms with Gasteiger partial charge in [0.1, 0.15) is 0 Å². The number of likely N-dealkylation sites (N-methyl/N-ethyl adjacent to an activating group) is 1. The van der Waals surface area contributed by atoms with Gasteiger partial charge < -0.3 is 15.1 Å². The summed E-state index contributed by atoms with van der Waals surface area (Å²) in [7, 11) is 4.07. The topological polar surface area (TPSA) is 46.9 Å². The van der Waals surface area contributed by atoms with E-state index >= 15 is 0 Å². The van der Waals surface area contributed by atoms with Crippen LogP contribution in [0.4, 0.5) is 0 Å². The Labute approximate surface area is 86.1 Å². The highest BCUT2D eigenvalue weighted by Gasteiger charge is 2.31. The summed E-state index contributed by atoms with van der Waals surface area (Å²) < 4.78 is 0. The van der Waals surface area contributed by atoms with Crippen LogP contribution in [0.25, 0.3) is 0 Å².